The molecule has 0 bridgehead atoms. The van der Waals surface area contributed by atoms with Gasteiger partial charge < -0.3 is 24.5 Å². The molecular formula is C24H27FN6O7. The second kappa shape index (κ2) is 11.7. The molecule has 1 aromatic carbocycles. The Hall–Kier alpha value is -4.46. The Bertz CT molecular complexity index is 1690. The lowest BCUT2D eigenvalue weighted by atomic mass is 10.0. The van der Waals surface area contributed by atoms with Crippen molar-refractivity contribution in [2.45, 2.75) is 39.2 Å². The first-order valence-corrected chi connectivity index (χ1v) is 10.7. The van der Waals surface area contributed by atoms with Gasteiger partial charge in [0, 0.05) is 35.7 Å². The summed E-state index contributed by atoms with van der Waals surface area (Å²) in [4.78, 5) is 56.5. The Balaban J connectivity index is 2.19. The summed E-state index contributed by atoms with van der Waals surface area (Å²) in [6.07, 6.45) is -0.451. The zero-order valence-electron chi connectivity index (χ0n) is 28.2. The highest BCUT2D eigenvalue weighted by molar-refractivity contribution is 5.95. The van der Waals surface area contributed by atoms with E-state index in [0.717, 1.165) is 38.1 Å². The number of benzene rings is 1. The number of esters is 1. The van der Waals surface area contributed by atoms with Crippen LogP contribution in [-0.4, -0.2) is 51.2 Å². The lowest BCUT2D eigenvalue weighted by Crippen LogP contribution is -2.46. The Kier molecular flexibility index (Phi) is 5.78. The third-order valence-corrected chi connectivity index (χ3v) is 4.75. The molecule has 3 rings (SSSR count). The summed E-state index contributed by atoms with van der Waals surface area (Å²) >= 11 is 0. The zero-order chi connectivity index (χ0) is 34.8. The first kappa shape index (κ1) is 18.7. The smallest absolute Gasteiger partial charge is 0.313 e. The topological polar surface area (TPSA) is 168 Å². The molecule has 0 aliphatic carbocycles. The summed E-state index contributed by atoms with van der Waals surface area (Å²) in [5, 5.41) is 10.8. The Morgan fingerprint density at radius 2 is 1.95 bits per heavy atom. The Labute approximate surface area is 227 Å². The summed E-state index contributed by atoms with van der Waals surface area (Å²) in [6, 6.07) is 3.90. The van der Waals surface area contributed by atoms with Crippen molar-refractivity contribution in [1.29, 1.82) is 0 Å². The molecule has 2 heterocycles. The number of halogens is 1. The quantitative estimate of drug-likeness (QED) is 0.357. The van der Waals surface area contributed by atoms with Crippen LogP contribution in [0.3, 0.4) is 0 Å². The third kappa shape index (κ3) is 6.64. The number of hydrogen-bond acceptors (Lipinski definition) is 10. The van der Waals surface area contributed by atoms with Gasteiger partial charge in [-0.1, -0.05) is 12.1 Å². The summed E-state index contributed by atoms with van der Waals surface area (Å²) in [5.41, 5.74) is -4.89. The van der Waals surface area contributed by atoms with E-state index in [-0.39, 0.29) is 16.7 Å². The van der Waals surface area contributed by atoms with Gasteiger partial charge in [0.15, 0.2) is 5.69 Å². The molecule has 13 nitrogen and oxygen atoms in total. The number of nitrogens with zero attached hydrogens (tertiary/aromatic N) is 4. The SMILES string of the molecule is [2H]C([2H])([2H])c1nnc(C(=O)NC(C)(C)c2nc(C(=O)NC([2H])([2H])c3ccc(F)cc3)c(OC(=O)CCOC)c(=O)n2C([2H])([2H])[2H])o1. The van der Waals surface area contributed by atoms with Gasteiger partial charge in [-0.25, -0.2) is 9.37 Å². The summed E-state index contributed by atoms with van der Waals surface area (Å²) < 4.78 is 90.7. The van der Waals surface area contributed by atoms with Gasteiger partial charge in [0.25, 0.3) is 11.5 Å². The number of aryl methyl sites for hydroxylation is 1. The van der Waals surface area contributed by atoms with E-state index in [9.17, 15) is 23.6 Å². The van der Waals surface area contributed by atoms with Crippen molar-refractivity contribution >= 4 is 17.8 Å². The lowest BCUT2D eigenvalue weighted by Gasteiger charge is -2.27. The van der Waals surface area contributed by atoms with Crippen molar-refractivity contribution in [2.24, 2.45) is 6.98 Å². The molecule has 2 amide bonds. The average molecular weight is 539 g/mol. The molecule has 0 unspecified atom stereocenters. The van der Waals surface area contributed by atoms with Crippen LogP contribution in [0.15, 0.2) is 33.5 Å². The maximum atomic E-state index is 13.7. The van der Waals surface area contributed by atoms with Crippen LogP contribution in [0.25, 0.3) is 0 Å². The summed E-state index contributed by atoms with van der Waals surface area (Å²) in [5.74, 6) is -8.27. The standard InChI is InChI=1S/C24H27FN6O7/c1-13-29-30-21(37-13)20(34)28-24(2,3)23-27-17(19(33)26-12-14-6-8-15(25)9-7-14)18(22(35)31(23)4)38-16(32)10-11-36-5/h6-9H,10-12H2,1-5H3,(H,26,33)(H,28,34)/i1D3,4D3,12D2. The van der Waals surface area contributed by atoms with Crippen molar-refractivity contribution in [1.82, 2.24) is 30.4 Å². The maximum Gasteiger partial charge on any atom is 0.313 e. The van der Waals surface area contributed by atoms with Crippen molar-refractivity contribution in [3.63, 3.8) is 0 Å². The average Bonchev–Trinajstić information content (AvgIpc) is 3.43. The monoisotopic (exact) mass is 538 g/mol. The zero-order valence-corrected chi connectivity index (χ0v) is 20.2. The number of aromatic nitrogens is 4. The van der Waals surface area contributed by atoms with Crippen molar-refractivity contribution < 1.29 is 43.6 Å². The van der Waals surface area contributed by atoms with E-state index in [4.69, 9.17) is 24.9 Å². The van der Waals surface area contributed by atoms with Gasteiger partial charge in [0.2, 0.25) is 11.6 Å². The second-order valence-electron chi connectivity index (χ2n) is 8.05. The Morgan fingerprint density at radius 3 is 2.58 bits per heavy atom. The van der Waals surface area contributed by atoms with E-state index >= 15 is 0 Å². The molecule has 0 atom stereocenters. The van der Waals surface area contributed by atoms with Crippen LogP contribution in [0.2, 0.25) is 0 Å². The van der Waals surface area contributed by atoms with Crippen LogP contribution in [0.5, 0.6) is 5.75 Å². The number of amides is 2. The number of hydrogen-bond donors (Lipinski definition) is 2. The fraction of sp³-hybridized carbons (Fsp3) is 0.375. The first-order chi connectivity index (χ1) is 21.1. The molecule has 0 spiro atoms. The largest absolute Gasteiger partial charge is 0.418 e. The van der Waals surface area contributed by atoms with E-state index in [1.54, 1.807) is 0 Å². The number of rotatable bonds is 10. The van der Waals surface area contributed by atoms with Crippen LogP contribution < -0.4 is 20.9 Å². The van der Waals surface area contributed by atoms with E-state index in [1.165, 1.54) is 7.11 Å². The highest BCUT2D eigenvalue weighted by atomic mass is 19.1. The Morgan fingerprint density at radius 1 is 1.21 bits per heavy atom. The normalized spacial score (nSPS) is 15.4. The molecule has 3 aromatic rings. The fourth-order valence-corrected chi connectivity index (χ4v) is 2.95. The highest BCUT2D eigenvalue weighted by Gasteiger charge is 2.33. The molecule has 0 saturated heterocycles. The van der Waals surface area contributed by atoms with Crippen LogP contribution in [0, 0.1) is 12.7 Å². The van der Waals surface area contributed by atoms with Gasteiger partial charge >= 0.3 is 17.8 Å². The molecule has 0 radical (unpaired) electrons. The first-order valence-electron chi connectivity index (χ1n) is 14.7. The molecule has 0 fully saturated rings. The molecule has 202 valence electrons. The van der Waals surface area contributed by atoms with Gasteiger partial charge in [0.05, 0.1) is 21.3 Å². The summed E-state index contributed by atoms with van der Waals surface area (Å²) in [6.45, 7) is -6.84. The van der Waals surface area contributed by atoms with Crippen LogP contribution >= 0.6 is 0 Å². The van der Waals surface area contributed by atoms with Crippen molar-refractivity contribution in [2.75, 3.05) is 13.7 Å². The van der Waals surface area contributed by atoms with Gasteiger partial charge in [-0.3, -0.25) is 23.7 Å². The predicted molar refractivity (Wildman–Crippen MR) is 129 cm³/mol. The number of methoxy groups -OCH3 is 1. The molecule has 0 aliphatic rings. The second-order valence-corrected chi connectivity index (χ2v) is 8.05. The molecule has 2 N–H and O–H groups in total. The van der Waals surface area contributed by atoms with Crippen LogP contribution in [0.4, 0.5) is 4.39 Å². The van der Waals surface area contributed by atoms with Gasteiger partial charge in [-0.15, -0.1) is 10.2 Å². The fourth-order valence-electron chi connectivity index (χ4n) is 2.95. The molecular weight excluding hydrogens is 503 g/mol. The summed E-state index contributed by atoms with van der Waals surface area (Å²) in [7, 11) is 1.26. The van der Waals surface area contributed by atoms with Gasteiger partial charge in [-0.2, -0.15) is 0 Å². The number of ether oxygens (including phenoxy) is 2. The van der Waals surface area contributed by atoms with Gasteiger partial charge in [0.1, 0.15) is 11.6 Å². The van der Waals surface area contributed by atoms with E-state index < -0.39 is 90.5 Å². The van der Waals surface area contributed by atoms with E-state index in [2.05, 4.69) is 20.5 Å². The van der Waals surface area contributed by atoms with E-state index in [0.29, 0.717) is 0 Å². The number of nitrogens with one attached hydrogen (secondary N) is 2. The van der Waals surface area contributed by atoms with Crippen LogP contribution in [-0.2, 0) is 28.5 Å². The maximum absolute atomic E-state index is 13.7. The van der Waals surface area contributed by atoms with E-state index in [1.807, 2.05) is 5.32 Å². The minimum atomic E-state index is -3.37. The predicted octanol–water partition coefficient (Wildman–Crippen LogP) is 1.15. The third-order valence-electron chi connectivity index (χ3n) is 4.75. The minimum absolute atomic E-state index is 0.0687. The van der Waals surface area contributed by atoms with Crippen LogP contribution in [0.1, 0.15) is 69.7 Å². The molecule has 14 heteroatoms. The molecule has 38 heavy (non-hydrogen) atoms. The van der Waals surface area contributed by atoms with Crippen molar-refractivity contribution in [3.05, 3.63) is 69.3 Å². The molecule has 0 aliphatic heterocycles. The highest BCUT2D eigenvalue weighted by Crippen LogP contribution is 2.22. The minimum Gasteiger partial charge on any atom is -0.418 e. The van der Waals surface area contributed by atoms with Gasteiger partial charge in [-0.05, 0) is 31.5 Å². The molecule has 0 saturated carbocycles. The number of carbonyl (C=O) groups excluding carboxylic acids is 3. The van der Waals surface area contributed by atoms with Crippen molar-refractivity contribution in [3.8, 4) is 5.75 Å². The molecule has 2 aromatic heterocycles. The number of carbonyl (C=O) groups is 3. The lowest BCUT2D eigenvalue weighted by molar-refractivity contribution is -0.135.